The van der Waals surface area contributed by atoms with Crippen molar-refractivity contribution in [3.8, 4) is 23.3 Å². The fourth-order valence-electron chi connectivity index (χ4n) is 5.83. The molecule has 2 aromatic carbocycles. The summed E-state index contributed by atoms with van der Waals surface area (Å²) in [6.45, 7) is 3.56. The summed E-state index contributed by atoms with van der Waals surface area (Å²) in [5.74, 6) is -0.507. The van der Waals surface area contributed by atoms with Gasteiger partial charge >= 0.3 is 6.01 Å². The van der Waals surface area contributed by atoms with Gasteiger partial charge in [0, 0.05) is 40.1 Å². The van der Waals surface area contributed by atoms with Crippen LogP contribution in [0.3, 0.4) is 0 Å². The first-order valence-corrected chi connectivity index (χ1v) is 13.8. The molecule has 42 heavy (non-hydrogen) atoms. The molecule has 0 bridgehead atoms. The number of ether oxygens (including phenoxy) is 2. The molecule has 13 heteroatoms. The summed E-state index contributed by atoms with van der Waals surface area (Å²) in [6, 6.07) is 9.88. The highest BCUT2D eigenvalue weighted by Crippen LogP contribution is 2.55. The van der Waals surface area contributed by atoms with Crippen molar-refractivity contribution in [2.24, 2.45) is 0 Å². The number of anilines is 2. The van der Waals surface area contributed by atoms with Crippen LogP contribution in [0.4, 0.5) is 11.4 Å². The summed E-state index contributed by atoms with van der Waals surface area (Å²) in [5, 5.41) is 13.7. The second-order valence-corrected chi connectivity index (χ2v) is 10.9. The van der Waals surface area contributed by atoms with E-state index in [1.165, 1.54) is 25.3 Å². The molecule has 0 aliphatic carbocycles. The Morgan fingerprint density at radius 2 is 1.81 bits per heavy atom. The lowest BCUT2D eigenvalue weighted by Gasteiger charge is -2.36. The van der Waals surface area contributed by atoms with Crippen LogP contribution in [0.15, 0.2) is 42.6 Å². The van der Waals surface area contributed by atoms with Crippen molar-refractivity contribution in [1.29, 1.82) is 0 Å². The monoisotopic (exact) mass is 608 g/mol. The second-order valence-electron chi connectivity index (χ2n) is 10.1. The van der Waals surface area contributed by atoms with Crippen molar-refractivity contribution in [2.45, 2.75) is 31.8 Å². The van der Waals surface area contributed by atoms with Gasteiger partial charge in [0.2, 0.25) is 5.88 Å². The molecular formula is C29H26Cl2N6O5. The van der Waals surface area contributed by atoms with Gasteiger partial charge in [-0.25, -0.2) is 9.97 Å². The van der Waals surface area contributed by atoms with Crippen molar-refractivity contribution in [3.63, 3.8) is 0 Å². The fourth-order valence-corrected chi connectivity index (χ4v) is 6.16. The lowest BCUT2D eigenvalue weighted by atomic mass is 9.86. The van der Waals surface area contributed by atoms with Crippen LogP contribution in [0.1, 0.15) is 46.7 Å². The van der Waals surface area contributed by atoms with Gasteiger partial charge in [-0.1, -0.05) is 35.3 Å². The molecule has 2 aromatic heterocycles. The van der Waals surface area contributed by atoms with Crippen LogP contribution in [-0.2, 0) is 10.3 Å². The first kappa shape index (κ1) is 28.0. The van der Waals surface area contributed by atoms with Gasteiger partial charge in [-0.05, 0) is 50.1 Å². The molecule has 0 fully saturated rings. The molecule has 216 valence electrons. The van der Waals surface area contributed by atoms with E-state index in [0.29, 0.717) is 50.5 Å². The molecule has 2 aliphatic heterocycles. The summed E-state index contributed by atoms with van der Waals surface area (Å²) in [6.07, 6.45) is 1.79. The van der Waals surface area contributed by atoms with E-state index in [4.69, 9.17) is 37.7 Å². The highest BCUT2D eigenvalue weighted by molar-refractivity contribution is 6.32. The van der Waals surface area contributed by atoms with E-state index in [-0.39, 0.29) is 24.2 Å². The zero-order chi connectivity index (χ0) is 29.9. The third-order valence-corrected chi connectivity index (χ3v) is 8.16. The van der Waals surface area contributed by atoms with E-state index in [1.807, 2.05) is 13.8 Å². The van der Waals surface area contributed by atoms with E-state index in [9.17, 15) is 14.7 Å². The number of aromatic nitrogens is 4. The number of rotatable bonds is 7. The molecule has 4 aromatic rings. The SMILES string of the molecule is COc1ncc(-c2nc3c(n2C(C)CCO)C2(C(=O)Nc4cc(Cl)ccc42)N(c2cc(Cl)ccc2C)C3=O)c(OC)n1. The van der Waals surface area contributed by atoms with Gasteiger partial charge in [0.25, 0.3) is 11.8 Å². The molecular weight excluding hydrogens is 583 g/mol. The van der Waals surface area contributed by atoms with Gasteiger partial charge in [0.05, 0.1) is 31.2 Å². The summed E-state index contributed by atoms with van der Waals surface area (Å²) in [5.41, 5.74) is 1.25. The average Bonchev–Trinajstić information content (AvgIpc) is 3.58. The number of halogens is 2. The number of hydrogen-bond acceptors (Lipinski definition) is 8. The van der Waals surface area contributed by atoms with Gasteiger partial charge < -0.3 is 24.5 Å². The average molecular weight is 609 g/mol. The number of methoxy groups -OCH3 is 2. The molecule has 6 rings (SSSR count). The van der Waals surface area contributed by atoms with E-state index in [1.54, 1.807) is 41.0 Å². The summed E-state index contributed by atoms with van der Waals surface area (Å²) < 4.78 is 12.5. The van der Waals surface area contributed by atoms with E-state index in [0.717, 1.165) is 5.56 Å². The van der Waals surface area contributed by atoms with E-state index in [2.05, 4.69) is 15.3 Å². The number of benzene rings is 2. The number of aliphatic hydroxyl groups excluding tert-OH is 1. The number of aryl methyl sites for hydroxylation is 1. The maximum absolute atomic E-state index is 14.5. The van der Waals surface area contributed by atoms with Gasteiger partial charge in [-0.15, -0.1) is 0 Å². The minimum Gasteiger partial charge on any atom is -0.480 e. The predicted octanol–water partition coefficient (Wildman–Crippen LogP) is 4.77. The maximum Gasteiger partial charge on any atom is 0.319 e. The zero-order valence-corrected chi connectivity index (χ0v) is 24.6. The Kier molecular flexibility index (Phi) is 6.83. The molecule has 2 N–H and O–H groups in total. The number of nitrogens with one attached hydrogen (secondary N) is 1. The lowest BCUT2D eigenvalue weighted by molar-refractivity contribution is -0.119. The van der Waals surface area contributed by atoms with Gasteiger partial charge in [-0.2, -0.15) is 4.98 Å². The standard InChI is InChI=1S/C29H26Cl2N6O5/c1-14-5-6-17(31)12-21(14)37-26(39)22-23(29(37)19-8-7-16(30)11-20(19)33-27(29)40)36(15(2)9-10-38)24(34-22)18-13-32-28(42-4)35-25(18)41-3/h5-8,11-13,15,38H,9-10H2,1-4H3,(H,33,40). The van der Waals surface area contributed by atoms with Crippen LogP contribution in [0, 0.1) is 6.92 Å². The van der Waals surface area contributed by atoms with Crippen molar-refractivity contribution < 1.29 is 24.2 Å². The van der Waals surface area contributed by atoms with Gasteiger partial charge in [0.1, 0.15) is 5.82 Å². The van der Waals surface area contributed by atoms with Crippen molar-refractivity contribution in [1.82, 2.24) is 19.5 Å². The Balaban J connectivity index is 1.74. The Morgan fingerprint density at radius 3 is 2.52 bits per heavy atom. The highest BCUT2D eigenvalue weighted by atomic mass is 35.5. The molecule has 1 spiro atoms. The fraction of sp³-hybridized carbons (Fsp3) is 0.276. The first-order chi connectivity index (χ1) is 20.2. The number of amides is 2. The van der Waals surface area contributed by atoms with E-state index >= 15 is 0 Å². The summed E-state index contributed by atoms with van der Waals surface area (Å²) >= 11 is 12.8. The lowest BCUT2D eigenvalue weighted by Crippen LogP contribution is -2.51. The first-order valence-electron chi connectivity index (χ1n) is 13.1. The number of nitrogens with zero attached hydrogens (tertiary/aromatic N) is 5. The molecule has 0 radical (unpaired) electrons. The second kappa shape index (κ2) is 10.3. The molecule has 0 saturated carbocycles. The molecule has 2 unspecified atom stereocenters. The van der Waals surface area contributed by atoms with Crippen LogP contribution in [0.5, 0.6) is 11.9 Å². The number of hydrogen-bond donors (Lipinski definition) is 2. The predicted molar refractivity (Wildman–Crippen MR) is 157 cm³/mol. The minimum atomic E-state index is -1.68. The smallest absolute Gasteiger partial charge is 0.319 e. The molecule has 4 heterocycles. The van der Waals surface area contributed by atoms with Crippen molar-refractivity contribution >= 4 is 46.4 Å². The number of carbonyl (C=O) groups is 2. The van der Waals surface area contributed by atoms with Crippen LogP contribution in [-0.4, -0.2) is 57.3 Å². The normalized spacial score (nSPS) is 17.8. The Bertz CT molecular complexity index is 1780. The number of imidazole rings is 1. The molecule has 2 atom stereocenters. The van der Waals surface area contributed by atoms with E-state index < -0.39 is 23.4 Å². The minimum absolute atomic E-state index is 0.0602. The number of fused-ring (bicyclic) bond motifs is 4. The quantitative estimate of drug-likeness (QED) is 0.306. The molecule has 0 saturated heterocycles. The van der Waals surface area contributed by atoms with Crippen molar-refractivity contribution in [2.75, 3.05) is 31.0 Å². The van der Waals surface area contributed by atoms with Crippen LogP contribution < -0.4 is 19.7 Å². The Labute approximate surface area is 251 Å². The Hall–Kier alpha value is -4.19. The maximum atomic E-state index is 14.5. The zero-order valence-electron chi connectivity index (χ0n) is 23.1. The van der Waals surface area contributed by atoms with Gasteiger partial charge in [-0.3, -0.25) is 14.5 Å². The van der Waals surface area contributed by atoms with Crippen LogP contribution >= 0.6 is 23.2 Å². The number of carbonyl (C=O) groups excluding carboxylic acids is 2. The topological polar surface area (TPSA) is 132 Å². The third-order valence-electron chi connectivity index (χ3n) is 7.69. The third kappa shape index (κ3) is 3.88. The van der Waals surface area contributed by atoms with Crippen LogP contribution in [0.2, 0.25) is 10.0 Å². The number of aliphatic hydroxyl groups is 1. The Morgan fingerprint density at radius 1 is 1.07 bits per heavy atom. The summed E-state index contributed by atoms with van der Waals surface area (Å²) in [7, 11) is 2.88. The van der Waals surface area contributed by atoms with Crippen molar-refractivity contribution in [3.05, 3.63) is 75.2 Å². The molecule has 11 nitrogen and oxygen atoms in total. The molecule has 2 aliphatic rings. The highest BCUT2D eigenvalue weighted by Gasteiger charge is 2.64. The largest absolute Gasteiger partial charge is 0.480 e. The van der Waals surface area contributed by atoms with Crippen LogP contribution in [0.25, 0.3) is 11.4 Å². The molecule has 2 amide bonds. The summed E-state index contributed by atoms with van der Waals surface area (Å²) in [4.78, 5) is 43.8. The van der Waals surface area contributed by atoms with Gasteiger partial charge in [0.15, 0.2) is 11.2 Å².